The Kier molecular flexibility index (Phi) is 8.09. The van der Waals surface area contributed by atoms with Crippen molar-refractivity contribution in [3.63, 3.8) is 0 Å². The molecular weight excluding hydrogens is 386 g/mol. The summed E-state index contributed by atoms with van der Waals surface area (Å²) in [6, 6.07) is 9.62. The Balaban J connectivity index is 0.00000261. The Morgan fingerprint density at radius 1 is 1.11 bits per heavy atom. The number of nitrogens with zero attached hydrogens (tertiary/aromatic N) is 1. The van der Waals surface area contributed by atoms with Gasteiger partial charge in [-0.3, -0.25) is 4.79 Å². The van der Waals surface area contributed by atoms with Crippen molar-refractivity contribution in [1.82, 2.24) is 9.62 Å². The molecular formula is C19H30ClN3O3S. The molecule has 1 unspecified atom stereocenters. The maximum Gasteiger partial charge on any atom is 0.224 e. The van der Waals surface area contributed by atoms with Crippen molar-refractivity contribution in [3.05, 3.63) is 35.9 Å². The van der Waals surface area contributed by atoms with E-state index in [9.17, 15) is 13.2 Å². The van der Waals surface area contributed by atoms with E-state index in [1.807, 2.05) is 30.3 Å². The van der Waals surface area contributed by atoms with Crippen LogP contribution in [0, 0.1) is 5.92 Å². The Morgan fingerprint density at radius 2 is 1.78 bits per heavy atom. The first-order chi connectivity index (χ1) is 12.4. The molecule has 2 fully saturated rings. The molecule has 1 aliphatic heterocycles. The fourth-order valence-electron chi connectivity index (χ4n) is 3.87. The Morgan fingerprint density at radius 3 is 2.44 bits per heavy atom. The Hall–Kier alpha value is -1.15. The molecule has 1 aliphatic carbocycles. The number of piperidine rings is 1. The van der Waals surface area contributed by atoms with Gasteiger partial charge in [0.25, 0.3) is 0 Å². The summed E-state index contributed by atoms with van der Waals surface area (Å²) in [5, 5.41) is 3.11. The van der Waals surface area contributed by atoms with Crippen molar-refractivity contribution >= 4 is 28.3 Å². The minimum absolute atomic E-state index is 0. The molecule has 3 rings (SSSR count). The van der Waals surface area contributed by atoms with Crippen LogP contribution in [0.5, 0.6) is 0 Å². The predicted molar refractivity (Wildman–Crippen MR) is 109 cm³/mol. The molecule has 152 valence electrons. The van der Waals surface area contributed by atoms with E-state index in [4.69, 9.17) is 5.73 Å². The molecule has 0 spiro atoms. The number of halogens is 1. The summed E-state index contributed by atoms with van der Waals surface area (Å²) in [4.78, 5) is 12.6. The molecule has 27 heavy (non-hydrogen) atoms. The highest BCUT2D eigenvalue weighted by molar-refractivity contribution is 7.88. The lowest BCUT2D eigenvalue weighted by Gasteiger charge is -2.33. The SMILES string of the molecule is Cl.NC1CCC(NC(=O)C2CCCN(S(=O)(=O)Cc3ccccc3)C2)CC1. The van der Waals surface area contributed by atoms with Crippen molar-refractivity contribution in [1.29, 1.82) is 0 Å². The molecule has 1 heterocycles. The number of hydrogen-bond donors (Lipinski definition) is 2. The third-order valence-electron chi connectivity index (χ3n) is 5.46. The molecule has 3 N–H and O–H groups in total. The monoisotopic (exact) mass is 415 g/mol. The summed E-state index contributed by atoms with van der Waals surface area (Å²) in [6.07, 6.45) is 5.17. The molecule has 1 saturated heterocycles. The first kappa shape index (κ1) is 22.1. The van der Waals surface area contributed by atoms with Crippen LogP contribution in [0.2, 0.25) is 0 Å². The van der Waals surface area contributed by atoms with E-state index in [-0.39, 0.29) is 48.6 Å². The van der Waals surface area contributed by atoms with Crippen LogP contribution in [0.4, 0.5) is 0 Å². The number of benzene rings is 1. The number of amides is 1. The van der Waals surface area contributed by atoms with E-state index in [0.29, 0.717) is 6.54 Å². The second-order valence-electron chi connectivity index (χ2n) is 7.56. The van der Waals surface area contributed by atoms with E-state index < -0.39 is 10.0 Å². The summed E-state index contributed by atoms with van der Waals surface area (Å²) in [6.45, 7) is 0.782. The predicted octanol–water partition coefficient (Wildman–Crippen LogP) is 2.04. The van der Waals surface area contributed by atoms with Crippen LogP contribution >= 0.6 is 12.4 Å². The van der Waals surface area contributed by atoms with Gasteiger partial charge in [0.05, 0.1) is 11.7 Å². The van der Waals surface area contributed by atoms with Gasteiger partial charge in [0.15, 0.2) is 0 Å². The summed E-state index contributed by atoms with van der Waals surface area (Å²) in [7, 11) is -3.41. The van der Waals surface area contributed by atoms with E-state index >= 15 is 0 Å². The standard InChI is InChI=1S/C19H29N3O3S.ClH/c20-17-8-10-18(11-9-17)21-19(23)16-7-4-12-22(13-16)26(24,25)14-15-5-2-1-3-6-15;/h1-3,5-6,16-18H,4,7-14,20H2,(H,21,23);1H. The van der Waals surface area contributed by atoms with E-state index in [2.05, 4.69) is 5.32 Å². The lowest BCUT2D eigenvalue weighted by Crippen LogP contribution is -2.48. The molecule has 1 atom stereocenters. The van der Waals surface area contributed by atoms with Crippen LogP contribution in [0.3, 0.4) is 0 Å². The van der Waals surface area contributed by atoms with Crippen molar-refractivity contribution < 1.29 is 13.2 Å². The average Bonchev–Trinajstić information content (AvgIpc) is 2.64. The smallest absolute Gasteiger partial charge is 0.224 e. The van der Waals surface area contributed by atoms with Gasteiger partial charge >= 0.3 is 0 Å². The zero-order valence-electron chi connectivity index (χ0n) is 15.5. The van der Waals surface area contributed by atoms with Crippen molar-refractivity contribution in [2.24, 2.45) is 11.7 Å². The van der Waals surface area contributed by atoms with Gasteiger partial charge in [0, 0.05) is 25.2 Å². The van der Waals surface area contributed by atoms with Crippen LogP contribution in [0.1, 0.15) is 44.1 Å². The van der Waals surface area contributed by atoms with Crippen molar-refractivity contribution in [3.8, 4) is 0 Å². The largest absolute Gasteiger partial charge is 0.353 e. The topological polar surface area (TPSA) is 92.5 Å². The third-order valence-corrected chi connectivity index (χ3v) is 7.27. The summed E-state index contributed by atoms with van der Waals surface area (Å²) >= 11 is 0. The summed E-state index contributed by atoms with van der Waals surface area (Å²) in [5.74, 6) is -0.280. The second kappa shape index (κ2) is 9.87. The van der Waals surface area contributed by atoms with Gasteiger partial charge in [0.2, 0.25) is 15.9 Å². The zero-order valence-corrected chi connectivity index (χ0v) is 17.2. The van der Waals surface area contributed by atoms with Gasteiger partial charge in [-0.05, 0) is 44.1 Å². The highest BCUT2D eigenvalue weighted by atomic mass is 35.5. The molecule has 1 aromatic rings. The molecule has 0 aromatic heterocycles. The minimum atomic E-state index is -3.41. The molecule has 0 radical (unpaired) electrons. The van der Waals surface area contributed by atoms with E-state index in [1.165, 1.54) is 4.31 Å². The number of nitrogens with two attached hydrogens (primary N) is 1. The number of sulfonamides is 1. The summed E-state index contributed by atoms with van der Waals surface area (Å²) in [5.41, 5.74) is 6.69. The lowest BCUT2D eigenvalue weighted by atomic mass is 9.91. The quantitative estimate of drug-likeness (QED) is 0.769. The Labute approximate surface area is 168 Å². The summed E-state index contributed by atoms with van der Waals surface area (Å²) < 4.78 is 26.9. The zero-order chi connectivity index (χ0) is 18.6. The molecule has 0 bridgehead atoms. The maximum absolute atomic E-state index is 12.7. The van der Waals surface area contributed by atoms with Crippen LogP contribution in [-0.4, -0.2) is 43.8 Å². The fourth-order valence-corrected chi connectivity index (χ4v) is 5.48. The van der Waals surface area contributed by atoms with E-state index in [1.54, 1.807) is 0 Å². The third kappa shape index (κ3) is 6.17. The van der Waals surface area contributed by atoms with Crippen LogP contribution in [0.15, 0.2) is 30.3 Å². The fraction of sp³-hybridized carbons (Fsp3) is 0.632. The number of hydrogen-bond acceptors (Lipinski definition) is 4. The van der Waals surface area contributed by atoms with E-state index in [0.717, 1.165) is 44.1 Å². The van der Waals surface area contributed by atoms with Gasteiger partial charge in [0.1, 0.15) is 0 Å². The van der Waals surface area contributed by atoms with Crippen LogP contribution in [-0.2, 0) is 20.6 Å². The Bertz CT molecular complexity index is 706. The first-order valence-electron chi connectivity index (χ1n) is 9.52. The average molecular weight is 416 g/mol. The molecule has 8 heteroatoms. The number of nitrogens with one attached hydrogen (secondary N) is 1. The molecule has 2 aliphatic rings. The number of rotatable bonds is 5. The highest BCUT2D eigenvalue weighted by Crippen LogP contribution is 2.23. The molecule has 1 amide bonds. The molecule has 1 aromatic carbocycles. The van der Waals surface area contributed by atoms with Gasteiger partial charge in [-0.25, -0.2) is 12.7 Å². The normalized spacial score (nSPS) is 26.8. The van der Waals surface area contributed by atoms with Crippen molar-refractivity contribution in [2.45, 2.75) is 56.4 Å². The van der Waals surface area contributed by atoms with Crippen LogP contribution < -0.4 is 11.1 Å². The number of carbonyl (C=O) groups is 1. The maximum atomic E-state index is 12.7. The lowest BCUT2D eigenvalue weighted by molar-refractivity contribution is -0.127. The van der Waals surface area contributed by atoms with Gasteiger partial charge in [-0.15, -0.1) is 12.4 Å². The minimum Gasteiger partial charge on any atom is -0.353 e. The van der Waals surface area contributed by atoms with Crippen LogP contribution in [0.25, 0.3) is 0 Å². The van der Waals surface area contributed by atoms with Gasteiger partial charge in [-0.2, -0.15) is 0 Å². The number of carbonyl (C=O) groups excluding carboxylic acids is 1. The highest BCUT2D eigenvalue weighted by Gasteiger charge is 2.33. The van der Waals surface area contributed by atoms with Gasteiger partial charge in [-0.1, -0.05) is 30.3 Å². The first-order valence-corrected chi connectivity index (χ1v) is 11.1. The van der Waals surface area contributed by atoms with Crippen molar-refractivity contribution in [2.75, 3.05) is 13.1 Å². The van der Waals surface area contributed by atoms with Gasteiger partial charge < -0.3 is 11.1 Å². The molecule has 1 saturated carbocycles. The molecule has 6 nitrogen and oxygen atoms in total. The second-order valence-corrected chi connectivity index (χ2v) is 9.53.